The topological polar surface area (TPSA) is 43.4 Å². The summed E-state index contributed by atoms with van der Waals surface area (Å²) in [6, 6.07) is 40.2. The van der Waals surface area contributed by atoms with Crippen molar-refractivity contribution < 1.29 is 18.9 Å². The van der Waals surface area contributed by atoms with Gasteiger partial charge in [-0.1, -0.05) is 73.7 Å². The smallest absolute Gasteiger partial charge is 0.119 e. The van der Waals surface area contributed by atoms with Gasteiger partial charge in [-0.15, -0.1) is 0 Å². The molecule has 2 aliphatic carbocycles. The normalized spacial score (nSPS) is 16.4. The second-order valence-corrected chi connectivity index (χ2v) is 14.6. The van der Waals surface area contributed by atoms with Crippen LogP contribution >= 0.6 is 0 Å². The summed E-state index contributed by atoms with van der Waals surface area (Å²) in [7, 11) is 6.80. The highest BCUT2D eigenvalue weighted by molar-refractivity contribution is 5.80. The molecule has 0 radical (unpaired) electrons. The minimum absolute atomic E-state index is 0.202. The number of nitrogens with zero attached hydrogens (tertiary/aromatic N) is 2. The summed E-state index contributed by atoms with van der Waals surface area (Å²) >= 11 is 0. The van der Waals surface area contributed by atoms with Crippen LogP contribution < -0.4 is 24.0 Å². The SMILES string of the molecule is COC1=CCC(N(C2=CC=C(C=Cc3ccc(C=Cc4ccc(N(c5ccc(OC)cc5)c5ccc(OC)cc5)cc4C)cc3)C(C)C2)c2ccc(OC)cc2)C=C1. The summed E-state index contributed by atoms with van der Waals surface area (Å²) in [5.74, 6) is 3.78. The van der Waals surface area contributed by atoms with E-state index in [0.29, 0.717) is 5.92 Å². The van der Waals surface area contributed by atoms with E-state index in [0.717, 1.165) is 64.2 Å². The van der Waals surface area contributed by atoms with Crippen LogP contribution in [0.4, 0.5) is 22.7 Å². The Hall–Kier alpha value is -6.66. The number of anilines is 4. The maximum atomic E-state index is 5.48. The van der Waals surface area contributed by atoms with Crippen molar-refractivity contribution >= 4 is 41.0 Å². The van der Waals surface area contributed by atoms with E-state index in [-0.39, 0.29) is 6.04 Å². The van der Waals surface area contributed by atoms with Crippen molar-refractivity contribution in [2.24, 2.45) is 5.92 Å². The van der Waals surface area contributed by atoms with Gasteiger partial charge in [0.1, 0.15) is 23.0 Å². The molecule has 0 bridgehead atoms. The molecule has 0 aliphatic heterocycles. The zero-order chi connectivity index (χ0) is 40.4. The fraction of sp³-hybridized carbons (Fsp3) is 0.192. The Labute approximate surface area is 344 Å². The molecule has 5 aromatic rings. The molecule has 7 rings (SSSR count). The van der Waals surface area contributed by atoms with E-state index in [2.05, 4.69) is 157 Å². The van der Waals surface area contributed by atoms with Gasteiger partial charge in [0.2, 0.25) is 0 Å². The molecule has 0 fully saturated rings. The van der Waals surface area contributed by atoms with Gasteiger partial charge in [0.05, 0.1) is 34.5 Å². The molecular weight excluding hydrogens is 717 g/mol. The van der Waals surface area contributed by atoms with Crippen molar-refractivity contribution in [3.8, 4) is 17.2 Å². The summed E-state index contributed by atoms with van der Waals surface area (Å²) in [6.07, 6.45) is 21.7. The molecule has 5 aromatic carbocycles. The molecule has 0 amide bonds. The highest BCUT2D eigenvalue weighted by atomic mass is 16.5. The van der Waals surface area contributed by atoms with E-state index in [1.807, 2.05) is 36.4 Å². The summed E-state index contributed by atoms with van der Waals surface area (Å²) in [6.45, 7) is 4.47. The van der Waals surface area contributed by atoms with Gasteiger partial charge in [0.15, 0.2) is 0 Å². The average molecular weight is 769 g/mol. The van der Waals surface area contributed by atoms with Gasteiger partial charge in [-0.25, -0.2) is 0 Å². The Bertz CT molecular complexity index is 2300. The number of aryl methyl sites for hydroxylation is 1. The molecule has 0 aromatic heterocycles. The molecule has 6 nitrogen and oxygen atoms in total. The fourth-order valence-electron chi connectivity index (χ4n) is 7.49. The number of hydrogen-bond donors (Lipinski definition) is 0. The zero-order valence-electron chi connectivity index (χ0n) is 34.3. The van der Waals surface area contributed by atoms with Crippen molar-refractivity contribution in [3.63, 3.8) is 0 Å². The zero-order valence-corrected chi connectivity index (χ0v) is 34.3. The van der Waals surface area contributed by atoms with Gasteiger partial charge in [0, 0.05) is 28.4 Å². The van der Waals surface area contributed by atoms with Crippen molar-refractivity contribution in [2.75, 3.05) is 38.2 Å². The second-order valence-electron chi connectivity index (χ2n) is 14.6. The number of rotatable bonds is 14. The second kappa shape index (κ2) is 18.5. The van der Waals surface area contributed by atoms with E-state index >= 15 is 0 Å². The minimum atomic E-state index is 0.202. The third-order valence-corrected chi connectivity index (χ3v) is 10.9. The molecular formula is C52H52N2O4. The third-order valence-electron chi connectivity index (χ3n) is 10.9. The monoisotopic (exact) mass is 768 g/mol. The Morgan fingerprint density at radius 3 is 1.59 bits per heavy atom. The predicted molar refractivity (Wildman–Crippen MR) is 241 cm³/mol. The Kier molecular flexibility index (Phi) is 12.6. The molecule has 0 spiro atoms. The van der Waals surface area contributed by atoms with Crippen LogP contribution in [0.3, 0.4) is 0 Å². The maximum Gasteiger partial charge on any atom is 0.119 e. The first-order valence-electron chi connectivity index (χ1n) is 19.8. The van der Waals surface area contributed by atoms with Crippen LogP contribution in [0.1, 0.15) is 42.0 Å². The number of methoxy groups -OCH3 is 4. The molecule has 58 heavy (non-hydrogen) atoms. The lowest BCUT2D eigenvalue weighted by Gasteiger charge is -2.37. The highest BCUT2D eigenvalue weighted by Gasteiger charge is 2.25. The van der Waals surface area contributed by atoms with Crippen molar-refractivity contribution in [2.45, 2.75) is 32.7 Å². The molecule has 0 saturated carbocycles. The van der Waals surface area contributed by atoms with Crippen molar-refractivity contribution in [1.29, 1.82) is 0 Å². The van der Waals surface area contributed by atoms with Crippen molar-refractivity contribution in [3.05, 3.63) is 191 Å². The minimum Gasteiger partial charge on any atom is -0.497 e. The van der Waals surface area contributed by atoms with E-state index < -0.39 is 0 Å². The van der Waals surface area contributed by atoms with Gasteiger partial charge < -0.3 is 28.7 Å². The quantitative estimate of drug-likeness (QED) is 0.105. The number of benzene rings is 5. The number of ether oxygens (including phenoxy) is 4. The lowest BCUT2D eigenvalue weighted by molar-refractivity contribution is 0.302. The first kappa shape index (κ1) is 39.6. The third kappa shape index (κ3) is 9.30. The van der Waals surface area contributed by atoms with Crippen LogP contribution in [0.5, 0.6) is 17.2 Å². The summed E-state index contributed by atoms with van der Waals surface area (Å²) in [5.41, 5.74) is 11.6. The standard InChI is InChI=1S/C52H52N2O4/c1-37-35-47(53(43-19-27-49(55-3)28-20-43)44-21-29-50(56-4)30-22-44)17-15-41(37)13-11-39-7-9-40(10-8-39)12-14-42-16-18-48(36-38(42)2)54(45-23-31-51(57-5)32-24-45)46-25-33-52(58-6)34-26-46/h7-25,27-35,38,46H,26,36H2,1-6H3. The highest BCUT2D eigenvalue weighted by Crippen LogP contribution is 2.38. The summed E-state index contributed by atoms with van der Waals surface area (Å²) in [5, 5.41) is 0. The predicted octanol–water partition coefficient (Wildman–Crippen LogP) is 12.9. The first-order valence-corrected chi connectivity index (χ1v) is 19.8. The Balaban J connectivity index is 1.04. The number of allylic oxidation sites excluding steroid dienone is 6. The Morgan fingerprint density at radius 2 is 1.10 bits per heavy atom. The lowest BCUT2D eigenvalue weighted by Crippen LogP contribution is -2.35. The molecule has 0 N–H and O–H groups in total. The lowest BCUT2D eigenvalue weighted by atomic mass is 9.89. The van der Waals surface area contributed by atoms with Gasteiger partial charge >= 0.3 is 0 Å². The van der Waals surface area contributed by atoms with E-state index in [1.54, 1.807) is 28.4 Å². The van der Waals surface area contributed by atoms with Gasteiger partial charge in [-0.2, -0.15) is 0 Å². The Morgan fingerprint density at radius 1 is 0.569 bits per heavy atom. The molecule has 2 unspecified atom stereocenters. The summed E-state index contributed by atoms with van der Waals surface area (Å²) < 4.78 is 21.8. The maximum absolute atomic E-state index is 5.48. The molecule has 6 heteroatoms. The van der Waals surface area contributed by atoms with Gasteiger partial charge in [-0.3, -0.25) is 0 Å². The fourth-order valence-corrected chi connectivity index (χ4v) is 7.49. The van der Waals surface area contributed by atoms with Crippen LogP contribution in [0.25, 0.3) is 18.2 Å². The van der Waals surface area contributed by atoms with Crippen molar-refractivity contribution in [1.82, 2.24) is 0 Å². The molecule has 2 aliphatic rings. The van der Waals surface area contributed by atoms with Crippen LogP contribution in [-0.4, -0.2) is 34.5 Å². The van der Waals surface area contributed by atoms with E-state index in [1.165, 1.54) is 28.0 Å². The summed E-state index contributed by atoms with van der Waals surface area (Å²) in [4.78, 5) is 4.70. The van der Waals surface area contributed by atoms with E-state index in [4.69, 9.17) is 18.9 Å². The van der Waals surface area contributed by atoms with Gasteiger partial charge in [-0.05, 0) is 157 Å². The number of hydrogen-bond acceptors (Lipinski definition) is 6. The van der Waals surface area contributed by atoms with Gasteiger partial charge in [0.25, 0.3) is 0 Å². The van der Waals surface area contributed by atoms with E-state index in [9.17, 15) is 0 Å². The van der Waals surface area contributed by atoms with Crippen LogP contribution in [0.2, 0.25) is 0 Å². The molecule has 294 valence electrons. The molecule has 0 heterocycles. The van der Waals surface area contributed by atoms with Crippen LogP contribution in [0, 0.1) is 12.8 Å². The van der Waals surface area contributed by atoms with Crippen LogP contribution in [0.15, 0.2) is 169 Å². The molecule has 2 atom stereocenters. The van der Waals surface area contributed by atoms with Crippen LogP contribution in [-0.2, 0) is 4.74 Å². The first-order chi connectivity index (χ1) is 28.3. The average Bonchev–Trinajstić information content (AvgIpc) is 3.27. The largest absolute Gasteiger partial charge is 0.497 e. The molecule has 0 saturated heterocycles.